The molecule has 0 radical (unpaired) electrons. The predicted octanol–water partition coefficient (Wildman–Crippen LogP) is 0.120. The number of hydrogen-bond donors (Lipinski definition) is 1. The molecule has 1 rings (SSSR count). The molecule has 1 fully saturated rings. The van der Waals surface area contributed by atoms with Gasteiger partial charge in [0.25, 0.3) is 10.2 Å². The largest absolute Gasteiger partial charge is 0.480 e. The van der Waals surface area contributed by atoms with Crippen LogP contribution in [0.4, 0.5) is 0 Å². The molecule has 0 aromatic heterocycles. The van der Waals surface area contributed by atoms with Crippen LogP contribution in [-0.2, 0) is 15.0 Å². The quantitative estimate of drug-likeness (QED) is 0.768. The monoisotopic (exact) mass is 250 g/mol. The molecule has 0 aliphatic carbocycles. The van der Waals surface area contributed by atoms with E-state index in [9.17, 15) is 13.2 Å². The minimum Gasteiger partial charge on any atom is -0.480 e. The summed E-state index contributed by atoms with van der Waals surface area (Å²) in [5.74, 6) is -1.07. The van der Waals surface area contributed by atoms with Gasteiger partial charge in [-0.1, -0.05) is 0 Å². The van der Waals surface area contributed by atoms with E-state index >= 15 is 0 Å². The third-order valence-corrected chi connectivity index (χ3v) is 5.06. The highest BCUT2D eigenvalue weighted by Gasteiger charge is 2.41. The Morgan fingerprint density at radius 3 is 2.50 bits per heavy atom. The van der Waals surface area contributed by atoms with Crippen molar-refractivity contribution < 1.29 is 18.3 Å². The second kappa shape index (κ2) is 4.68. The molecule has 1 aliphatic heterocycles. The van der Waals surface area contributed by atoms with Crippen molar-refractivity contribution in [2.75, 3.05) is 13.6 Å². The van der Waals surface area contributed by atoms with Crippen LogP contribution in [0.25, 0.3) is 0 Å². The predicted molar refractivity (Wildman–Crippen MR) is 59.2 cm³/mol. The molecule has 0 spiro atoms. The first-order valence-electron chi connectivity index (χ1n) is 5.26. The summed E-state index contributed by atoms with van der Waals surface area (Å²) in [4.78, 5) is 10.9. The smallest absolute Gasteiger partial charge is 0.322 e. The van der Waals surface area contributed by atoms with Gasteiger partial charge in [0, 0.05) is 19.6 Å². The molecular formula is C9H18N2O4S. The van der Waals surface area contributed by atoms with Crippen molar-refractivity contribution in [3.8, 4) is 0 Å². The molecule has 0 saturated carbocycles. The lowest BCUT2D eigenvalue weighted by molar-refractivity contribution is -0.140. The minimum absolute atomic E-state index is 0.181. The van der Waals surface area contributed by atoms with E-state index in [1.54, 1.807) is 13.8 Å². The first kappa shape index (κ1) is 13.4. The number of carboxylic acids is 1. The van der Waals surface area contributed by atoms with Crippen LogP contribution in [0.3, 0.4) is 0 Å². The van der Waals surface area contributed by atoms with Gasteiger partial charge in [-0.25, -0.2) is 0 Å². The molecule has 16 heavy (non-hydrogen) atoms. The fraction of sp³-hybridized carbons (Fsp3) is 0.889. The molecule has 1 N–H and O–H groups in total. The zero-order chi connectivity index (χ0) is 12.5. The third kappa shape index (κ3) is 2.36. The maximum atomic E-state index is 12.1. The highest BCUT2D eigenvalue weighted by Crippen LogP contribution is 2.23. The molecule has 0 aromatic carbocycles. The second-order valence-electron chi connectivity index (χ2n) is 4.22. The maximum Gasteiger partial charge on any atom is 0.322 e. The van der Waals surface area contributed by atoms with Crippen molar-refractivity contribution in [1.29, 1.82) is 0 Å². The lowest BCUT2D eigenvalue weighted by Gasteiger charge is -2.29. The Morgan fingerprint density at radius 1 is 1.50 bits per heavy atom. The van der Waals surface area contributed by atoms with E-state index in [0.29, 0.717) is 12.8 Å². The van der Waals surface area contributed by atoms with E-state index in [0.717, 1.165) is 4.31 Å². The molecular weight excluding hydrogens is 232 g/mol. The molecule has 6 nitrogen and oxygen atoms in total. The van der Waals surface area contributed by atoms with Crippen LogP contribution < -0.4 is 0 Å². The topological polar surface area (TPSA) is 77.9 Å². The molecule has 1 heterocycles. The van der Waals surface area contributed by atoms with Crippen LogP contribution in [0.1, 0.15) is 26.7 Å². The highest BCUT2D eigenvalue weighted by molar-refractivity contribution is 7.86. The van der Waals surface area contributed by atoms with Crippen LogP contribution in [0.5, 0.6) is 0 Å². The van der Waals surface area contributed by atoms with E-state index in [2.05, 4.69) is 0 Å². The number of aliphatic carboxylic acids is 1. The fourth-order valence-electron chi connectivity index (χ4n) is 1.69. The van der Waals surface area contributed by atoms with Crippen molar-refractivity contribution >= 4 is 16.2 Å². The third-order valence-electron chi connectivity index (χ3n) is 2.88. The first-order chi connectivity index (χ1) is 7.28. The summed E-state index contributed by atoms with van der Waals surface area (Å²) in [7, 11) is -2.18. The lowest BCUT2D eigenvalue weighted by atomic mass is 10.2. The fourth-order valence-corrected chi connectivity index (χ4v) is 3.44. The van der Waals surface area contributed by atoms with Crippen molar-refractivity contribution in [3.05, 3.63) is 0 Å². The van der Waals surface area contributed by atoms with Crippen LogP contribution in [-0.4, -0.2) is 53.8 Å². The Kier molecular flexibility index (Phi) is 3.92. The molecule has 7 heteroatoms. The molecule has 1 saturated heterocycles. The Morgan fingerprint density at radius 2 is 2.06 bits per heavy atom. The van der Waals surface area contributed by atoms with Gasteiger partial charge in [-0.05, 0) is 26.7 Å². The average Bonchev–Trinajstić information content (AvgIpc) is 2.65. The first-order valence-corrected chi connectivity index (χ1v) is 6.65. The normalized spacial score (nSPS) is 23.2. The van der Waals surface area contributed by atoms with E-state index in [4.69, 9.17) is 5.11 Å². The van der Waals surface area contributed by atoms with E-state index < -0.39 is 22.2 Å². The van der Waals surface area contributed by atoms with E-state index in [1.165, 1.54) is 11.4 Å². The van der Waals surface area contributed by atoms with Crippen LogP contribution >= 0.6 is 0 Å². The van der Waals surface area contributed by atoms with Crippen molar-refractivity contribution in [2.24, 2.45) is 0 Å². The van der Waals surface area contributed by atoms with Gasteiger partial charge >= 0.3 is 5.97 Å². The zero-order valence-electron chi connectivity index (χ0n) is 9.75. The second-order valence-corrected chi connectivity index (χ2v) is 6.17. The number of nitrogens with zero attached hydrogens (tertiary/aromatic N) is 2. The summed E-state index contributed by atoms with van der Waals surface area (Å²) < 4.78 is 26.4. The number of carbonyl (C=O) groups is 1. The Balaban J connectivity index is 2.95. The van der Waals surface area contributed by atoms with Crippen LogP contribution in [0, 0.1) is 0 Å². The van der Waals surface area contributed by atoms with Crippen molar-refractivity contribution in [1.82, 2.24) is 8.61 Å². The SMILES string of the molecule is CC(C)N(C)S(=O)(=O)N1CCCC1C(=O)O. The molecule has 0 amide bonds. The van der Waals surface area contributed by atoms with Gasteiger partial charge in [-0.2, -0.15) is 17.0 Å². The van der Waals surface area contributed by atoms with Gasteiger partial charge in [0.15, 0.2) is 0 Å². The summed E-state index contributed by atoms with van der Waals surface area (Å²) in [6.07, 6.45) is 0.989. The molecule has 0 aromatic rings. The van der Waals surface area contributed by atoms with Crippen molar-refractivity contribution in [3.63, 3.8) is 0 Å². The summed E-state index contributed by atoms with van der Waals surface area (Å²) in [6, 6.07) is -1.09. The zero-order valence-corrected chi connectivity index (χ0v) is 10.6. The van der Waals surface area contributed by atoms with Crippen LogP contribution in [0.2, 0.25) is 0 Å². The van der Waals surface area contributed by atoms with Gasteiger partial charge in [0.05, 0.1) is 0 Å². The number of hydrogen-bond acceptors (Lipinski definition) is 3. The molecule has 1 atom stereocenters. The molecule has 1 aliphatic rings. The van der Waals surface area contributed by atoms with Gasteiger partial charge in [0.2, 0.25) is 0 Å². The highest BCUT2D eigenvalue weighted by atomic mass is 32.2. The Bertz CT molecular complexity index is 366. The van der Waals surface area contributed by atoms with Gasteiger partial charge in [-0.3, -0.25) is 4.79 Å². The van der Waals surface area contributed by atoms with Gasteiger partial charge in [0.1, 0.15) is 6.04 Å². The Hall–Kier alpha value is -0.660. The molecule has 0 bridgehead atoms. The standard InChI is InChI=1S/C9H18N2O4S/c1-7(2)10(3)16(14,15)11-6-4-5-8(11)9(12)13/h7-8H,4-6H2,1-3H3,(H,12,13). The minimum atomic E-state index is -3.65. The van der Waals surface area contributed by atoms with Gasteiger partial charge < -0.3 is 5.11 Å². The van der Waals surface area contributed by atoms with E-state index in [-0.39, 0.29) is 12.6 Å². The van der Waals surface area contributed by atoms with E-state index in [1.807, 2.05) is 0 Å². The number of carboxylic acid groups (broad SMARTS) is 1. The van der Waals surface area contributed by atoms with Crippen molar-refractivity contribution in [2.45, 2.75) is 38.8 Å². The number of rotatable bonds is 4. The Labute approximate surface area is 96.0 Å². The summed E-state index contributed by atoms with van der Waals surface area (Å²) in [6.45, 7) is 3.79. The summed E-state index contributed by atoms with van der Waals surface area (Å²) in [5.41, 5.74) is 0. The molecule has 1 unspecified atom stereocenters. The van der Waals surface area contributed by atoms with Gasteiger partial charge in [-0.15, -0.1) is 0 Å². The van der Waals surface area contributed by atoms with Crippen LogP contribution in [0.15, 0.2) is 0 Å². The maximum absolute atomic E-state index is 12.1. The molecule has 94 valence electrons. The average molecular weight is 250 g/mol. The summed E-state index contributed by atoms with van der Waals surface area (Å²) in [5, 5.41) is 8.94. The lowest BCUT2D eigenvalue weighted by Crippen LogP contribution is -2.49. The summed E-state index contributed by atoms with van der Waals surface area (Å²) >= 11 is 0.